The number of rotatable bonds is 5. The highest BCUT2D eigenvalue weighted by atomic mass is 15.2. The summed E-state index contributed by atoms with van der Waals surface area (Å²) in [4.78, 5) is 2.51. The summed E-state index contributed by atoms with van der Waals surface area (Å²) in [6.45, 7) is 3.36. The molecule has 0 aromatic carbocycles. The highest BCUT2D eigenvalue weighted by Gasteiger charge is 2.49. The lowest BCUT2D eigenvalue weighted by Crippen LogP contribution is -2.56. The topological polar surface area (TPSA) is 39.1 Å². The molecule has 94 valence electrons. The number of nitrogens with zero attached hydrogens (tertiary/aromatic N) is 2. The third kappa shape index (κ3) is 2.64. The van der Waals surface area contributed by atoms with E-state index in [0.717, 1.165) is 6.54 Å². The summed E-state index contributed by atoms with van der Waals surface area (Å²) in [5, 5.41) is 13.3. The summed E-state index contributed by atoms with van der Waals surface area (Å²) in [7, 11) is 0. The van der Waals surface area contributed by atoms with Crippen LogP contribution in [-0.2, 0) is 0 Å². The Bertz CT molecular complexity index is 308. The zero-order valence-electron chi connectivity index (χ0n) is 10.6. The van der Waals surface area contributed by atoms with Crippen LogP contribution >= 0.6 is 0 Å². The Morgan fingerprint density at radius 2 is 1.82 bits per heavy atom. The lowest BCUT2D eigenvalue weighted by atomic mass is 9.93. The lowest BCUT2D eigenvalue weighted by molar-refractivity contribution is 0.168. The molecule has 2 aliphatic carbocycles. The summed E-state index contributed by atoms with van der Waals surface area (Å²) < 4.78 is 0. The molecule has 0 aromatic heterocycles. The van der Waals surface area contributed by atoms with Crippen molar-refractivity contribution in [3.63, 3.8) is 0 Å². The number of likely N-dealkylation sites (tertiary alicyclic amines) is 1. The number of hydrogen-bond donors (Lipinski definition) is 1. The molecule has 0 aromatic rings. The van der Waals surface area contributed by atoms with Crippen molar-refractivity contribution in [2.75, 3.05) is 19.6 Å². The molecule has 3 rings (SSSR count). The molecule has 0 amide bonds. The zero-order valence-corrected chi connectivity index (χ0v) is 10.6. The fourth-order valence-electron chi connectivity index (χ4n) is 3.09. The molecule has 3 fully saturated rings. The van der Waals surface area contributed by atoms with E-state index in [2.05, 4.69) is 16.3 Å². The number of hydrogen-bond acceptors (Lipinski definition) is 3. The average molecular weight is 233 g/mol. The fourth-order valence-corrected chi connectivity index (χ4v) is 3.09. The summed E-state index contributed by atoms with van der Waals surface area (Å²) >= 11 is 0. The van der Waals surface area contributed by atoms with Gasteiger partial charge in [-0.25, -0.2) is 0 Å². The van der Waals surface area contributed by atoms with E-state index >= 15 is 0 Å². The van der Waals surface area contributed by atoms with Gasteiger partial charge in [-0.15, -0.1) is 0 Å². The maximum absolute atomic E-state index is 9.66. The predicted molar refractivity (Wildman–Crippen MR) is 67.5 cm³/mol. The minimum Gasteiger partial charge on any atom is -0.300 e. The normalized spacial score (nSPS) is 29.6. The summed E-state index contributed by atoms with van der Waals surface area (Å²) in [5.74, 6) is 0.620. The number of nitrogens with one attached hydrogen (secondary N) is 1. The largest absolute Gasteiger partial charge is 0.300 e. The Morgan fingerprint density at radius 1 is 1.12 bits per heavy atom. The summed E-state index contributed by atoms with van der Waals surface area (Å²) in [5.41, 5.74) is -0.224. The first-order valence-corrected chi connectivity index (χ1v) is 7.24. The molecule has 1 unspecified atom stereocenters. The number of piperidine rings is 1. The molecule has 3 nitrogen and oxygen atoms in total. The first-order chi connectivity index (χ1) is 8.32. The monoisotopic (exact) mass is 233 g/mol. The van der Waals surface area contributed by atoms with Gasteiger partial charge in [0.1, 0.15) is 5.54 Å². The Morgan fingerprint density at radius 3 is 2.35 bits per heavy atom. The highest BCUT2D eigenvalue weighted by Crippen LogP contribution is 2.42. The van der Waals surface area contributed by atoms with Crippen molar-refractivity contribution in [3.8, 4) is 6.07 Å². The van der Waals surface area contributed by atoms with Crippen LogP contribution in [0.1, 0.15) is 44.9 Å². The van der Waals surface area contributed by atoms with E-state index in [1.54, 1.807) is 0 Å². The Hall–Kier alpha value is -0.590. The minimum absolute atomic E-state index is 0.224. The van der Waals surface area contributed by atoms with Crippen molar-refractivity contribution >= 4 is 0 Å². The second kappa shape index (κ2) is 4.59. The lowest BCUT2D eigenvalue weighted by Gasteiger charge is -2.36. The minimum atomic E-state index is -0.224. The van der Waals surface area contributed by atoms with Gasteiger partial charge in [0.25, 0.3) is 0 Å². The van der Waals surface area contributed by atoms with Gasteiger partial charge in [0, 0.05) is 12.6 Å². The van der Waals surface area contributed by atoms with Crippen LogP contribution in [0.4, 0.5) is 0 Å². The third-order valence-corrected chi connectivity index (χ3v) is 4.43. The maximum atomic E-state index is 9.66. The van der Waals surface area contributed by atoms with Gasteiger partial charge < -0.3 is 4.90 Å². The average Bonchev–Trinajstić information content (AvgIpc) is 3.22. The van der Waals surface area contributed by atoms with Crippen LogP contribution in [0.5, 0.6) is 0 Å². The quantitative estimate of drug-likeness (QED) is 0.788. The standard InChI is InChI=1S/C14H23N3/c15-10-14(12-4-5-12,16-13-6-7-13)11-17-8-2-1-3-9-17/h12-13,16H,1-9,11H2. The van der Waals surface area contributed by atoms with Gasteiger partial charge in [0.05, 0.1) is 6.07 Å². The van der Waals surface area contributed by atoms with Crippen molar-refractivity contribution in [1.29, 1.82) is 5.26 Å². The SMILES string of the molecule is N#CC(CN1CCCCC1)(NC1CC1)C1CC1. The molecule has 1 heterocycles. The molecule has 0 spiro atoms. The second-order valence-electron chi connectivity index (χ2n) is 6.11. The van der Waals surface area contributed by atoms with E-state index in [1.165, 1.54) is 58.0 Å². The Labute approximate surface area is 104 Å². The molecule has 17 heavy (non-hydrogen) atoms. The van der Waals surface area contributed by atoms with Gasteiger partial charge in [-0.1, -0.05) is 6.42 Å². The molecule has 3 heteroatoms. The van der Waals surface area contributed by atoms with Crippen molar-refractivity contribution in [2.24, 2.45) is 5.92 Å². The van der Waals surface area contributed by atoms with Crippen molar-refractivity contribution in [3.05, 3.63) is 0 Å². The predicted octanol–water partition coefficient (Wildman–Crippen LogP) is 1.90. The maximum Gasteiger partial charge on any atom is 0.122 e. The van der Waals surface area contributed by atoms with E-state index in [9.17, 15) is 5.26 Å². The first kappa shape index (κ1) is 11.5. The van der Waals surface area contributed by atoms with Crippen LogP contribution in [0, 0.1) is 17.2 Å². The van der Waals surface area contributed by atoms with Crippen molar-refractivity contribution in [2.45, 2.75) is 56.5 Å². The van der Waals surface area contributed by atoms with Crippen molar-refractivity contribution < 1.29 is 0 Å². The molecule has 0 radical (unpaired) electrons. The van der Waals surface area contributed by atoms with Crippen molar-refractivity contribution in [1.82, 2.24) is 10.2 Å². The van der Waals surface area contributed by atoms with E-state index in [-0.39, 0.29) is 5.54 Å². The van der Waals surface area contributed by atoms with E-state index < -0.39 is 0 Å². The third-order valence-electron chi connectivity index (χ3n) is 4.43. The summed E-state index contributed by atoms with van der Waals surface area (Å²) in [6, 6.07) is 3.28. The van der Waals surface area contributed by atoms with Crippen LogP contribution in [0.2, 0.25) is 0 Å². The Kier molecular flexibility index (Phi) is 3.10. The summed E-state index contributed by atoms with van der Waals surface area (Å²) in [6.07, 6.45) is 9.05. The molecule has 1 saturated heterocycles. The van der Waals surface area contributed by atoms with E-state index in [4.69, 9.17) is 0 Å². The molecule has 3 aliphatic rings. The second-order valence-corrected chi connectivity index (χ2v) is 6.11. The van der Waals surface area contributed by atoms with Crippen LogP contribution in [0.3, 0.4) is 0 Å². The van der Waals surface area contributed by atoms with Gasteiger partial charge in [0.15, 0.2) is 0 Å². The molecule has 1 aliphatic heterocycles. The fraction of sp³-hybridized carbons (Fsp3) is 0.929. The van der Waals surface area contributed by atoms with Gasteiger partial charge >= 0.3 is 0 Å². The van der Waals surface area contributed by atoms with Gasteiger partial charge in [-0.2, -0.15) is 5.26 Å². The van der Waals surface area contributed by atoms with Gasteiger partial charge in [-0.3, -0.25) is 5.32 Å². The molecule has 0 bridgehead atoms. The Balaban J connectivity index is 1.66. The molecular weight excluding hydrogens is 210 g/mol. The van der Waals surface area contributed by atoms with Gasteiger partial charge in [0.2, 0.25) is 0 Å². The number of nitriles is 1. The molecular formula is C14H23N3. The van der Waals surface area contributed by atoms with Crippen LogP contribution in [0.25, 0.3) is 0 Å². The zero-order chi connectivity index (χ0) is 11.7. The van der Waals surface area contributed by atoms with Crippen LogP contribution in [0.15, 0.2) is 0 Å². The molecule has 2 saturated carbocycles. The molecule has 1 N–H and O–H groups in total. The first-order valence-electron chi connectivity index (χ1n) is 7.24. The highest BCUT2D eigenvalue weighted by molar-refractivity contribution is 5.18. The van der Waals surface area contributed by atoms with E-state index in [1.807, 2.05) is 0 Å². The van der Waals surface area contributed by atoms with Crippen LogP contribution < -0.4 is 5.32 Å². The van der Waals surface area contributed by atoms with E-state index in [0.29, 0.717) is 12.0 Å². The van der Waals surface area contributed by atoms with Crippen LogP contribution in [-0.4, -0.2) is 36.1 Å². The smallest absolute Gasteiger partial charge is 0.122 e. The molecule has 1 atom stereocenters. The van der Waals surface area contributed by atoms with Gasteiger partial charge in [-0.05, 0) is 57.5 Å².